The summed E-state index contributed by atoms with van der Waals surface area (Å²) in [6, 6.07) is -1.66. The Kier molecular flexibility index (Phi) is 15.4. The molecule has 0 aromatic rings. The predicted octanol–water partition coefficient (Wildman–Crippen LogP) is 0.0716. The first-order valence-electron chi connectivity index (χ1n) is 10.6. The summed E-state index contributed by atoms with van der Waals surface area (Å²) in [6.45, 7) is 9.76. The highest BCUT2D eigenvalue weighted by atomic mass is 127. The van der Waals surface area contributed by atoms with E-state index in [9.17, 15) is 24.0 Å². The number of carbonyl (C=O) groups excluding carboxylic acids is 5. The van der Waals surface area contributed by atoms with E-state index in [-0.39, 0.29) is 49.7 Å². The zero-order valence-electron chi connectivity index (χ0n) is 19.4. The Hall–Kier alpha value is -2.12. The topological polar surface area (TPSA) is 155 Å². The quantitative estimate of drug-likeness (QED) is 0.113. The highest BCUT2D eigenvalue weighted by Gasteiger charge is 2.26. The van der Waals surface area contributed by atoms with Crippen LogP contribution in [-0.4, -0.2) is 72.5 Å². The Balaban J connectivity index is 4.39. The third-order valence-corrected chi connectivity index (χ3v) is 4.75. The van der Waals surface area contributed by atoms with Gasteiger partial charge in [-0.2, -0.15) is 0 Å². The predicted molar refractivity (Wildman–Crippen MR) is 128 cm³/mol. The van der Waals surface area contributed by atoms with Gasteiger partial charge in [0.1, 0.15) is 12.1 Å². The van der Waals surface area contributed by atoms with Crippen molar-refractivity contribution in [2.45, 2.75) is 53.1 Å². The molecule has 0 aliphatic heterocycles. The fraction of sp³-hybridized carbons (Fsp3) is 0.750. The molecule has 1 unspecified atom stereocenters. The molecule has 5 amide bonds. The second-order valence-electron chi connectivity index (χ2n) is 7.96. The molecule has 0 saturated heterocycles. The van der Waals surface area contributed by atoms with Gasteiger partial charge in [0.15, 0.2) is 0 Å². The van der Waals surface area contributed by atoms with E-state index in [1.807, 2.05) is 36.4 Å². The molecular formula is C20H36IN5O6. The first-order valence-corrected chi connectivity index (χ1v) is 12.1. The fourth-order valence-corrected chi connectivity index (χ4v) is 2.58. The van der Waals surface area contributed by atoms with E-state index in [0.29, 0.717) is 11.0 Å². The van der Waals surface area contributed by atoms with Gasteiger partial charge in [0.05, 0.1) is 11.0 Å². The summed E-state index contributed by atoms with van der Waals surface area (Å²) < 4.78 is 5.26. The first kappa shape index (κ1) is 29.9. The number of hydrogen-bond acceptors (Lipinski definition) is 6. The lowest BCUT2D eigenvalue weighted by molar-refractivity contribution is -0.132. The summed E-state index contributed by atoms with van der Waals surface area (Å²) in [7, 11) is 0. The van der Waals surface area contributed by atoms with Crippen LogP contribution in [0.5, 0.6) is 0 Å². The minimum absolute atomic E-state index is 0.0432. The molecule has 0 aliphatic rings. The van der Waals surface area contributed by atoms with Crippen LogP contribution in [0, 0.1) is 11.8 Å². The van der Waals surface area contributed by atoms with E-state index in [1.165, 1.54) is 6.92 Å². The van der Waals surface area contributed by atoms with Crippen molar-refractivity contribution < 1.29 is 28.7 Å². The van der Waals surface area contributed by atoms with Crippen LogP contribution in [0.1, 0.15) is 41.0 Å². The molecule has 2 atom stereocenters. The Morgan fingerprint density at radius 1 is 0.781 bits per heavy atom. The van der Waals surface area contributed by atoms with Crippen molar-refractivity contribution in [3.63, 3.8) is 0 Å². The molecule has 0 aliphatic carbocycles. The Bertz CT molecular complexity index is 644. The van der Waals surface area contributed by atoms with Gasteiger partial charge in [0.25, 0.3) is 0 Å². The summed E-state index contributed by atoms with van der Waals surface area (Å²) in [5.74, 6) is -1.43. The zero-order valence-corrected chi connectivity index (χ0v) is 21.5. The Morgan fingerprint density at radius 3 is 1.97 bits per heavy atom. The van der Waals surface area contributed by atoms with Gasteiger partial charge in [-0.1, -0.05) is 50.3 Å². The van der Waals surface area contributed by atoms with Gasteiger partial charge in [-0.3, -0.25) is 19.2 Å². The summed E-state index contributed by atoms with van der Waals surface area (Å²) in [6.07, 6.45) is -0.514. The van der Waals surface area contributed by atoms with Gasteiger partial charge in [-0.25, -0.2) is 4.79 Å². The number of rotatable bonds is 14. The second-order valence-corrected chi connectivity index (χ2v) is 8.73. The van der Waals surface area contributed by atoms with Crippen molar-refractivity contribution in [3.05, 3.63) is 0 Å². The monoisotopic (exact) mass is 569 g/mol. The molecule has 0 heterocycles. The maximum absolute atomic E-state index is 12.6. The average Bonchev–Trinajstić information content (AvgIpc) is 2.72. The maximum Gasteiger partial charge on any atom is 0.407 e. The fourth-order valence-electron chi connectivity index (χ4n) is 2.31. The summed E-state index contributed by atoms with van der Waals surface area (Å²) in [4.78, 5) is 59.5. The van der Waals surface area contributed by atoms with Gasteiger partial charge in [0.2, 0.25) is 23.6 Å². The minimum Gasteiger partial charge on any atom is -0.449 e. The molecule has 0 aromatic carbocycles. The number of halogens is 1. The van der Waals surface area contributed by atoms with Crippen molar-refractivity contribution >= 4 is 52.3 Å². The summed E-state index contributed by atoms with van der Waals surface area (Å²) in [5, 5.41) is 12.9. The molecule has 0 fully saturated rings. The number of carbonyl (C=O) groups is 5. The molecule has 0 rings (SSSR count). The van der Waals surface area contributed by atoms with E-state index in [2.05, 4.69) is 26.6 Å². The van der Waals surface area contributed by atoms with Gasteiger partial charge < -0.3 is 31.3 Å². The van der Waals surface area contributed by atoms with Gasteiger partial charge in [-0.15, -0.1) is 0 Å². The lowest BCUT2D eigenvalue weighted by Crippen LogP contribution is -2.55. The van der Waals surface area contributed by atoms with Crippen LogP contribution in [0.3, 0.4) is 0 Å². The molecular weight excluding hydrogens is 533 g/mol. The van der Waals surface area contributed by atoms with E-state index in [4.69, 9.17) is 4.74 Å². The minimum atomic E-state index is -0.837. The van der Waals surface area contributed by atoms with Gasteiger partial charge in [-0.05, 0) is 18.8 Å². The van der Waals surface area contributed by atoms with Crippen LogP contribution < -0.4 is 26.6 Å². The molecule has 0 bridgehead atoms. The number of nitrogens with one attached hydrogen (secondary N) is 5. The Labute approximate surface area is 203 Å². The molecule has 12 heteroatoms. The highest BCUT2D eigenvalue weighted by Crippen LogP contribution is 2.03. The average molecular weight is 569 g/mol. The smallest absolute Gasteiger partial charge is 0.407 e. The number of alkyl halides is 1. The standard InChI is InChI=1S/C20H36IN5O6/c1-12(2)11-32-20(31)24-9-8-23-18(29)14(5)25-19(30)17(13(3)4)26-15(27)6-7-22-16(28)10-21/h12-14,17H,6-11H2,1-5H3,(H,22,28)(H,23,29)(H,24,31)(H,25,30)(H,26,27)/t14-,17?/m0/s1. The first-order chi connectivity index (χ1) is 15.0. The van der Waals surface area contributed by atoms with Crippen LogP contribution in [-0.2, 0) is 23.9 Å². The van der Waals surface area contributed by atoms with Crippen molar-refractivity contribution in [2.75, 3.05) is 30.7 Å². The molecule has 0 spiro atoms. The number of alkyl carbamates (subject to hydrolysis) is 1. The van der Waals surface area contributed by atoms with Gasteiger partial charge >= 0.3 is 6.09 Å². The molecule has 32 heavy (non-hydrogen) atoms. The van der Waals surface area contributed by atoms with E-state index in [0.717, 1.165) is 0 Å². The second kappa shape index (κ2) is 16.5. The zero-order chi connectivity index (χ0) is 24.7. The largest absolute Gasteiger partial charge is 0.449 e. The highest BCUT2D eigenvalue weighted by molar-refractivity contribution is 14.1. The third-order valence-electron chi connectivity index (χ3n) is 4.05. The van der Waals surface area contributed by atoms with Crippen LogP contribution in [0.2, 0.25) is 0 Å². The van der Waals surface area contributed by atoms with Crippen LogP contribution in [0.25, 0.3) is 0 Å². The van der Waals surface area contributed by atoms with Crippen molar-refractivity contribution in [2.24, 2.45) is 11.8 Å². The lowest BCUT2D eigenvalue weighted by atomic mass is 10.0. The molecule has 184 valence electrons. The lowest BCUT2D eigenvalue weighted by Gasteiger charge is -2.24. The molecule has 0 radical (unpaired) electrons. The third kappa shape index (κ3) is 14.0. The van der Waals surface area contributed by atoms with E-state index < -0.39 is 30.0 Å². The molecule has 0 aromatic heterocycles. The number of ether oxygens (including phenoxy) is 1. The summed E-state index contributed by atoms with van der Waals surface area (Å²) in [5.41, 5.74) is 0. The van der Waals surface area contributed by atoms with Crippen LogP contribution >= 0.6 is 22.6 Å². The Morgan fingerprint density at radius 2 is 1.41 bits per heavy atom. The molecule has 11 nitrogen and oxygen atoms in total. The van der Waals surface area contributed by atoms with E-state index in [1.54, 1.807) is 13.8 Å². The number of hydrogen-bond donors (Lipinski definition) is 5. The molecule has 5 N–H and O–H groups in total. The summed E-state index contributed by atoms with van der Waals surface area (Å²) >= 11 is 1.92. The maximum atomic E-state index is 12.6. The van der Waals surface area contributed by atoms with Crippen LogP contribution in [0.15, 0.2) is 0 Å². The van der Waals surface area contributed by atoms with Crippen molar-refractivity contribution in [3.8, 4) is 0 Å². The number of amides is 5. The van der Waals surface area contributed by atoms with Gasteiger partial charge in [0, 0.05) is 26.1 Å². The SMILES string of the molecule is CC(C)COC(=O)NCCNC(=O)[C@H](C)NC(=O)C(NC(=O)CCNC(=O)CI)C(C)C. The van der Waals surface area contributed by atoms with Crippen LogP contribution in [0.4, 0.5) is 4.79 Å². The molecule has 0 saturated carbocycles. The van der Waals surface area contributed by atoms with E-state index >= 15 is 0 Å². The van der Waals surface area contributed by atoms with Crippen molar-refractivity contribution in [1.29, 1.82) is 0 Å². The normalized spacial score (nSPS) is 12.5. The van der Waals surface area contributed by atoms with Crippen molar-refractivity contribution in [1.82, 2.24) is 26.6 Å².